The number of likely N-dealkylation sites (tertiary alicyclic amines) is 1. The Morgan fingerprint density at radius 3 is 2.79 bits per heavy atom. The molecule has 128 valence electrons. The molecule has 1 aliphatic rings. The Balaban J connectivity index is 1.69. The molecule has 1 saturated heterocycles. The zero-order valence-corrected chi connectivity index (χ0v) is 13.8. The summed E-state index contributed by atoms with van der Waals surface area (Å²) in [5, 5.41) is 3.03. The summed E-state index contributed by atoms with van der Waals surface area (Å²) in [6.07, 6.45) is 3.04. The van der Waals surface area contributed by atoms with Gasteiger partial charge in [0.15, 0.2) is 5.82 Å². The van der Waals surface area contributed by atoms with Crippen LogP contribution in [0.2, 0.25) is 0 Å². The van der Waals surface area contributed by atoms with E-state index in [0.29, 0.717) is 16.6 Å². The number of aromatic amines is 1. The molecule has 1 aromatic carbocycles. The van der Waals surface area contributed by atoms with Crippen molar-refractivity contribution < 1.29 is 9.59 Å². The van der Waals surface area contributed by atoms with Crippen molar-refractivity contribution >= 4 is 22.8 Å². The van der Waals surface area contributed by atoms with Crippen molar-refractivity contribution in [2.45, 2.75) is 32.2 Å². The monoisotopic (exact) mass is 329 g/mol. The van der Waals surface area contributed by atoms with Crippen LogP contribution in [0, 0.1) is 0 Å². The highest BCUT2D eigenvalue weighted by Gasteiger charge is 2.22. The van der Waals surface area contributed by atoms with E-state index >= 15 is 0 Å². The summed E-state index contributed by atoms with van der Waals surface area (Å²) in [5.74, 6) is -0.576. The summed E-state index contributed by atoms with van der Waals surface area (Å²) in [5.41, 5.74) is 6.74. The van der Waals surface area contributed by atoms with Gasteiger partial charge in [0.2, 0.25) is 0 Å². The predicted octanol–water partition coefficient (Wildman–Crippen LogP) is 1.27. The van der Waals surface area contributed by atoms with E-state index in [0.717, 1.165) is 38.9 Å². The van der Waals surface area contributed by atoms with Crippen LogP contribution in [-0.2, 0) is 0 Å². The van der Waals surface area contributed by atoms with E-state index in [4.69, 9.17) is 5.73 Å². The van der Waals surface area contributed by atoms with E-state index in [2.05, 4.69) is 27.1 Å². The zero-order chi connectivity index (χ0) is 17.1. The van der Waals surface area contributed by atoms with Gasteiger partial charge in [-0.05, 0) is 37.9 Å². The van der Waals surface area contributed by atoms with Crippen LogP contribution in [0.3, 0.4) is 0 Å². The third-order valence-corrected chi connectivity index (χ3v) is 4.46. The number of fused-ring (bicyclic) bond motifs is 1. The third-order valence-electron chi connectivity index (χ3n) is 4.46. The number of amides is 2. The molecule has 0 atom stereocenters. The number of carbonyl (C=O) groups is 2. The van der Waals surface area contributed by atoms with Gasteiger partial charge in [0, 0.05) is 19.1 Å². The molecule has 3 rings (SSSR count). The number of hydrogen-bond acceptors (Lipinski definition) is 4. The lowest BCUT2D eigenvalue weighted by atomic mass is 10.0. The standard InChI is InChI=1S/C17H23N5O2/c1-2-8-22-9-6-11(7-10-22)19-17(24)16-20-13-5-3-4-12(15(18)23)14(13)21-16/h3-5,11H,2,6-10H2,1H3,(H2,18,23)(H,19,24)(H,20,21). The van der Waals surface area contributed by atoms with E-state index in [-0.39, 0.29) is 17.8 Å². The Kier molecular flexibility index (Phi) is 4.80. The van der Waals surface area contributed by atoms with Gasteiger partial charge in [0.1, 0.15) is 5.52 Å². The fourth-order valence-electron chi connectivity index (χ4n) is 3.21. The molecular formula is C17H23N5O2. The van der Waals surface area contributed by atoms with Crippen molar-refractivity contribution in [1.82, 2.24) is 20.2 Å². The Morgan fingerprint density at radius 1 is 1.38 bits per heavy atom. The number of nitrogens with one attached hydrogen (secondary N) is 2. The summed E-state index contributed by atoms with van der Waals surface area (Å²) >= 11 is 0. The van der Waals surface area contributed by atoms with E-state index in [9.17, 15) is 9.59 Å². The number of imidazole rings is 1. The van der Waals surface area contributed by atoms with Gasteiger partial charge < -0.3 is 20.9 Å². The topological polar surface area (TPSA) is 104 Å². The molecule has 7 nitrogen and oxygen atoms in total. The first-order chi connectivity index (χ1) is 11.6. The molecule has 24 heavy (non-hydrogen) atoms. The van der Waals surface area contributed by atoms with Crippen LogP contribution in [0.5, 0.6) is 0 Å². The van der Waals surface area contributed by atoms with Crippen LogP contribution in [-0.4, -0.2) is 52.4 Å². The number of aromatic nitrogens is 2. The smallest absolute Gasteiger partial charge is 0.287 e. The van der Waals surface area contributed by atoms with E-state index in [1.54, 1.807) is 18.2 Å². The number of piperidine rings is 1. The molecule has 0 saturated carbocycles. The molecule has 4 N–H and O–H groups in total. The lowest BCUT2D eigenvalue weighted by molar-refractivity contribution is 0.0901. The van der Waals surface area contributed by atoms with Crippen LogP contribution >= 0.6 is 0 Å². The molecule has 0 bridgehead atoms. The summed E-state index contributed by atoms with van der Waals surface area (Å²) in [6, 6.07) is 5.26. The molecule has 1 fully saturated rings. The van der Waals surface area contributed by atoms with Crippen LogP contribution in [0.25, 0.3) is 11.0 Å². The molecule has 1 aliphatic heterocycles. The Bertz CT molecular complexity index is 747. The zero-order valence-electron chi connectivity index (χ0n) is 13.8. The highest BCUT2D eigenvalue weighted by Crippen LogP contribution is 2.17. The third kappa shape index (κ3) is 3.41. The first kappa shape index (κ1) is 16.4. The number of para-hydroxylation sites is 1. The van der Waals surface area contributed by atoms with Gasteiger partial charge in [-0.15, -0.1) is 0 Å². The van der Waals surface area contributed by atoms with Gasteiger partial charge in [-0.1, -0.05) is 13.0 Å². The SMILES string of the molecule is CCCN1CCC(NC(=O)c2nc3c(C(N)=O)cccc3[nH]2)CC1. The number of H-pyrrole nitrogens is 1. The number of rotatable bonds is 5. The second kappa shape index (κ2) is 7.00. The van der Waals surface area contributed by atoms with Crippen LogP contribution in [0.1, 0.15) is 47.2 Å². The van der Waals surface area contributed by atoms with E-state index in [1.165, 1.54) is 0 Å². The minimum atomic E-state index is -0.553. The highest BCUT2D eigenvalue weighted by molar-refractivity contribution is 6.05. The molecule has 0 spiro atoms. The van der Waals surface area contributed by atoms with Crippen LogP contribution in [0.4, 0.5) is 0 Å². The summed E-state index contributed by atoms with van der Waals surface area (Å²) < 4.78 is 0. The molecule has 0 unspecified atom stereocenters. The molecule has 2 aromatic rings. The number of carbonyl (C=O) groups excluding carboxylic acids is 2. The lowest BCUT2D eigenvalue weighted by Crippen LogP contribution is -2.45. The fourth-order valence-corrected chi connectivity index (χ4v) is 3.21. The number of benzene rings is 1. The molecule has 0 aliphatic carbocycles. The number of nitrogens with two attached hydrogens (primary N) is 1. The van der Waals surface area contributed by atoms with Gasteiger partial charge >= 0.3 is 0 Å². The Hall–Kier alpha value is -2.41. The molecular weight excluding hydrogens is 306 g/mol. The van der Waals surface area contributed by atoms with Crippen molar-refractivity contribution in [3.63, 3.8) is 0 Å². The summed E-state index contributed by atoms with van der Waals surface area (Å²) in [6.45, 7) is 5.30. The van der Waals surface area contributed by atoms with Gasteiger partial charge in [0.25, 0.3) is 11.8 Å². The lowest BCUT2D eigenvalue weighted by Gasteiger charge is -2.31. The fraction of sp³-hybridized carbons (Fsp3) is 0.471. The number of nitrogens with zero attached hydrogens (tertiary/aromatic N) is 2. The van der Waals surface area contributed by atoms with E-state index in [1.807, 2.05) is 0 Å². The maximum absolute atomic E-state index is 12.4. The normalized spacial score (nSPS) is 16.4. The van der Waals surface area contributed by atoms with Crippen LogP contribution < -0.4 is 11.1 Å². The maximum Gasteiger partial charge on any atom is 0.287 e. The quantitative estimate of drug-likeness (QED) is 0.768. The largest absolute Gasteiger partial charge is 0.366 e. The molecule has 2 heterocycles. The summed E-state index contributed by atoms with van der Waals surface area (Å²) in [4.78, 5) is 33.5. The summed E-state index contributed by atoms with van der Waals surface area (Å²) in [7, 11) is 0. The second-order valence-corrected chi connectivity index (χ2v) is 6.24. The first-order valence-corrected chi connectivity index (χ1v) is 8.40. The highest BCUT2D eigenvalue weighted by atomic mass is 16.2. The van der Waals surface area contributed by atoms with Crippen molar-refractivity contribution in [2.75, 3.05) is 19.6 Å². The molecule has 0 radical (unpaired) electrons. The van der Waals surface area contributed by atoms with Crippen molar-refractivity contribution in [3.05, 3.63) is 29.6 Å². The molecule has 7 heteroatoms. The van der Waals surface area contributed by atoms with Crippen molar-refractivity contribution in [2.24, 2.45) is 5.73 Å². The average Bonchev–Trinajstić information content (AvgIpc) is 3.01. The molecule has 1 aromatic heterocycles. The average molecular weight is 329 g/mol. The number of hydrogen-bond donors (Lipinski definition) is 3. The number of primary amides is 1. The second-order valence-electron chi connectivity index (χ2n) is 6.24. The molecule has 2 amide bonds. The maximum atomic E-state index is 12.4. The van der Waals surface area contributed by atoms with Gasteiger partial charge in [0.05, 0.1) is 11.1 Å². The first-order valence-electron chi connectivity index (χ1n) is 8.40. The van der Waals surface area contributed by atoms with Crippen LogP contribution in [0.15, 0.2) is 18.2 Å². The van der Waals surface area contributed by atoms with Crippen molar-refractivity contribution in [1.29, 1.82) is 0 Å². The Labute approximate surface area is 140 Å². The van der Waals surface area contributed by atoms with Crippen molar-refractivity contribution in [3.8, 4) is 0 Å². The predicted molar refractivity (Wildman–Crippen MR) is 91.8 cm³/mol. The van der Waals surface area contributed by atoms with Gasteiger partial charge in [-0.3, -0.25) is 9.59 Å². The van der Waals surface area contributed by atoms with E-state index < -0.39 is 5.91 Å². The minimum Gasteiger partial charge on any atom is -0.366 e. The Morgan fingerprint density at radius 2 is 2.12 bits per heavy atom. The van der Waals surface area contributed by atoms with Gasteiger partial charge in [-0.2, -0.15) is 0 Å². The minimum absolute atomic E-state index is 0.162. The van der Waals surface area contributed by atoms with Gasteiger partial charge in [-0.25, -0.2) is 4.98 Å².